The lowest BCUT2D eigenvalue weighted by Crippen LogP contribution is -2.28. The number of methoxy groups -OCH3 is 1. The van der Waals surface area contributed by atoms with E-state index in [1.807, 2.05) is 29.0 Å². The second-order valence-electron chi connectivity index (χ2n) is 5.80. The van der Waals surface area contributed by atoms with Crippen molar-refractivity contribution in [2.75, 3.05) is 20.7 Å². The molecule has 0 aliphatic carbocycles. The van der Waals surface area contributed by atoms with E-state index in [0.29, 0.717) is 18.0 Å². The molecule has 0 aliphatic rings. The van der Waals surface area contributed by atoms with Gasteiger partial charge in [0.05, 0.1) is 12.6 Å². The van der Waals surface area contributed by atoms with Crippen LogP contribution in [0.3, 0.4) is 0 Å². The van der Waals surface area contributed by atoms with E-state index < -0.39 is 0 Å². The summed E-state index contributed by atoms with van der Waals surface area (Å²) in [7, 11) is 3.05. The summed E-state index contributed by atoms with van der Waals surface area (Å²) in [5, 5.41) is 1.65. The monoisotopic (exact) mass is 360 g/mol. The van der Waals surface area contributed by atoms with Crippen LogP contribution in [0.2, 0.25) is 5.02 Å². The third-order valence-electron chi connectivity index (χ3n) is 4.16. The largest absolute Gasteiger partial charge is 0.453 e. The van der Waals surface area contributed by atoms with Crippen molar-refractivity contribution in [3.05, 3.63) is 65.1 Å². The summed E-state index contributed by atoms with van der Waals surface area (Å²) in [6.45, 7) is 0.516. The van der Waals surface area contributed by atoms with Gasteiger partial charge in [0.15, 0.2) is 0 Å². The fraction of sp³-hybridized carbons (Fsp3) is 0.211. The molecule has 0 saturated carbocycles. The van der Waals surface area contributed by atoms with E-state index in [1.54, 1.807) is 19.2 Å². The van der Waals surface area contributed by atoms with Crippen molar-refractivity contribution in [1.82, 2.24) is 9.47 Å². The van der Waals surface area contributed by atoms with Gasteiger partial charge in [-0.05, 0) is 54.4 Å². The minimum Gasteiger partial charge on any atom is -0.453 e. The molecule has 6 heteroatoms. The summed E-state index contributed by atoms with van der Waals surface area (Å²) in [6.07, 6.45) is 2.27. The molecule has 0 unspecified atom stereocenters. The van der Waals surface area contributed by atoms with Crippen molar-refractivity contribution < 1.29 is 13.9 Å². The van der Waals surface area contributed by atoms with Gasteiger partial charge in [-0.1, -0.05) is 11.6 Å². The molecule has 130 valence electrons. The van der Waals surface area contributed by atoms with Gasteiger partial charge in [-0.3, -0.25) is 0 Å². The Hall–Kier alpha value is -2.53. The first-order chi connectivity index (χ1) is 12.0. The molecule has 0 bridgehead atoms. The van der Waals surface area contributed by atoms with Gasteiger partial charge in [-0.2, -0.15) is 0 Å². The highest BCUT2D eigenvalue weighted by atomic mass is 35.5. The summed E-state index contributed by atoms with van der Waals surface area (Å²) in [5.41, 5.74) is 2.89. The average Bonchev–Trinajstić information content (AvgIpc) is 2.97. The Kier molecular flexibility index (Phi) is 4.95. The zero-order valence-corrected chi connectivity index (χ0v) is 14.8. The van der Waals surface area contributed by atoms with E-state index in [2.05, 4.69) is 0 Å². The summed E-state index contributed by atoms with van der Waals surface area (Å²) < 4.78 is 19.9. The lowest BCUT2D eigenvalue weighted by Gasteiger charge is -2.14. The average molecular weight is 361 g/mol. The highest BCUT2D eigenvalue weighted by Crippen LogP contribution is 2.28. The highest BCUT2D eigenvalue weighted by molar-refractivity contribution is 6.31. The standard InChI is InChI=1S/C19H18ClFN2O2/c1-22(19(24)25-2)10-9-13-12-23(16-6-4-15(21)5-7-16)18-8-3-14(20)11-17(13)18/h3-8,11-12H,9-10H2,1-2H3. The van der Waals surface area contributed by atoms with E-state index in [-0.39, 0.29) is 11.9 Å². The van der Waals surface area contributed by atoms with Crippen molar-refractivity contribution in [1.29, 1.82) is 0 Å². The summed E-state index contributed by atoms with van der Waals surface area (Å²) in [6, 6.07) is 12.0. The zero-order chi connectivity index (χ0) is 18.0. The van der Waals surface area contributed by atoms with Crippen molar-refractivity contribution in [2.45, 2.75) is 6.42 Å². The van der Waals surface area contributed by atoms with E-state index in [1.165, 1.54) is 24.1 Å². The van der Waals surface area contributed by atoms with Gasteiger partial charge in [-0.15, -0.1) is 0 Å². The van der Waals surface area contributed by atoms with Crippen LogP contribution in [0.4, 0.5) is 9.18 Å². The van der Waals surface area contributed by atoms with Gasteiger partial charge in [-0.25, -0.2) is 9.18 Å². The first-order valence-electron chi connectivity index (χ1n) is 7.84. The Morgan fingerprint density at radius 2 is 1.96 bits per heavy atom. The molecule has 25 heavy (non-hydrogen) atoms. The van der Waals surface area contributed by atoms with Gasteiger partial charge in [0.2, 0.25) is 0 Å². The maximum Gasteiger partial charge on any atom is 0.409 e. The Morgan fingerprint density at radius 3 is 2.64 bits per heavy atom. The second-order valence-corrected chi connectivity index (χ2v) is 6.24. The van der Waals surface area contributed by atoms with Crippen LogP contribution in [0.1, 0.15) is 5.56 Å². The number of hydrogen-bond donors (Lipinski definition) is 0. The molecule has 2 aromatic carbocycles. The third-order valence-corrected chi connectivity index (χ3v) is 4.39. The van der Waals surface area contributed by atoms with Crippen LogP contribution in [-0.4, -0.2) is 36.3 Å². The Labute approximate surface area is 150 Å². The topological polar surface area (TPSA) is 34.5 Å². The smallest absolute Gasteiger partial charge is 0.409 e. The molecule has 0 saturated heterocycles. The minimum atomic E-state index is -0.375. The van der Waals surface area contributed by atoms with Crippen LogP contribution < -0.4 is 0 Å². The number of carbonyl (C=O) groups is 1. The molecule has 1 aromatic heterocycles. The SMILES string of the molecule is COC(=O)N(C)CCc1cn(-c2ccc(F)cc2)c2ccc(Cl)cc12. The normalized spacial score (nSPS) is 10.9. The van der Waals surface area contributed by atoms with Crippen LogP contribution in [-0.2, 0) is 11.2 Å². The quantitative estimate of drug-likeness (QED) is 0.678. The molecule has 0 spiro atoms. The second kappa shape index (κ2) is 7.15. The van der Waals surface area contributed by atoms with Crippen LogP contribution in [0.25, 0.3) is 16.6 Å². The number of amides is 1. The molecular formula is C19H18ClFN2O2. The molecule has 1 heterocycles. The molecule has 0 atom stereocenters. The van der Waals surface area contributed by atoms with E-state index in [9.17, 15) is 9.18 Å². The molecule has 3 rings (SSSR count). The van der Waals surface area contributed by atoms with Gasteiger partial charge in [0.25, 0.3) is 0 Å². The maximum atomic E-state index is 13.2. The first-order valence-corrected chi connectivity index (χ1v) is 8.22. The highest BCUT2D eigenvalue weighted by Gasteiger charge is 2.13. The number of carbonyl (C=O) groups excluding carboxylic acids is 1. The van der Waals surface area contributed by atoms with Crippen molar-refractivity contribution in [2.24, 2.45) is 0 Å². The van der Waals surface area contributed by atoms with E-state index in [4.69, 9.17) is 16.3 Å². The molecule has 4 nitrogen and oxygen atoms in total. The van der Waals surface area contributed by atoms with Gasteiger partial charge < -0.3 is 14.2 Å². The van der Waals surface area contributed by atoms with E-state index in [0.717, 1.165) is 22.2 Å². The first kappa shape index (κ1) is 17.3. The van der Waals surface area contributed by atoms with Crippen LogP contribution in [0.15, 0.2) is 48.7 Å². The molecular weight excluding hydrogens is 343 g/mol. The Balaban J connectivity index is 1.99. The molecule has 0 aliphatic heterocycles. The molecule has 1 amide bonds. The number of nitrogens with zero attached hydrogens (tertiary/aromatic N) is 2. The lowest BCUT2D eigenvalue weighted by molar-refractivity contribution is 0.134. The van der Waals surface area contributed by atoms with Crippen LogP contribution >= 0.6 is 11.6 Å². The van der Waals surface area contributed by atoms with Gasteiger partial charge >= 0.3 is 6.09 Å². The predicted molar refractivity (Wildman–Crippen MR) is 97.0 cm³/mol. The summed E-state index contributed by atoms with van der Waals surface area (Å²) >= 11 is 6.16. The fourth-order valence-corrected chi connectivity index (χ4v) is 2.99. The van der Waals surface area contributed by atoms with Crippen molar-refractivity contribution in [3.63, 3.8) is 0 Å². The molecule has 0 N–H and O–H groups in total. The Bertz CT molecular complexity index is 906. The summed E-state index contributed by atoms with van der Waals surface area (Å²) in [5.74, 6) is -0.275. The number of fused-ring (bicyclic) bond motifs is 1. The van der Waals surface area contributed by atoms with Crippen LogP contribution in [0.5, 0.6) is 0 Å². The summed E-state index contributed by atoms with van der Waals surface area (Å²) in [4.78, 5) is 13.1. The Morgan fingerprint density at radius 1 is 1.24 bits per heavy atom. The lowest BCUT2D eigenvalue weighted by atomic mass is 10.1. The van der Waals surface area contributed by atoms with Crippen molar-refractivity contribution in [3.8, 4) is 5.69 Å². The van der Waals surface area contributed by atoms with Crippen LogP contribution in [0, 0.1) is 5.82 Å². The van der Waals surface area contributed by atoms with Gasteiger partial charge in [0, 0.05) is 35.9 Å². The number of benzene rings is 2. The molecule has 0 fully saturated rings. The number of ether oxygens (including phenoxy) is 1. The minimum absolute atomic E-state index is 0.275. The number of rotatable bonds is 4. The molecule has 0 radical (unpaired) electrons. The zero-order valence-electron chi connectivity index (χ0n) is 14.0. The number of aromatic nitrogens is 1. The number of likely N-dealkylation sites (N-methyl/N-ethyl adjacent to an activating group) is 1. The third kappa shape index (κ3) is 3.61. The van der Waals surface area contributed by atoms with Crippen molar-refractivity contribution >= 4 is 28.6 Å². The number of hydrogen-bond acceptors (Lipinski definition) is 2. The fourth-order valence-electron chi connectivity index (χ4n) is 2.82. The van der Waals surface area contributed by atoms with E-state index >= 15 is 0 Å². The maximum absolute atomic E-state index is 13.2. The number of halogens is 2. The molecule has 3 aromatic rings. The van der Waals surface area contributed by atoms with Gasteiger partial charge in [0.1, 0.15) is 5.82 Å². The predicted octanol–water partition coefficient (Wildman–Crippen LogP) is 4.66.